The van der Waals surface area contributed by atoms with Crippen LogP contribution in [0.4, 0.5) is 0 Å². The summed E-state index contributed by atoms with van der Waals surface area (Å²) < 4.78 is 0. The Balaban J connectivity index is 2.03. The molecular formula is C13H28N4OS. The molecule has 0 aromatic rings. The topological polar surface area (TPSA) is 61.6 Å². The molecule has 0 saturated carbocycles. The van der Waals surface area contributed by atoms with Crippen LogP contribution in [0.5, 0.6) is 0 Å². The summed E-state index contributed by atoms with van der Waals surface area (Å²) in [7, 11) is 0. The van der Waals surface area contributed by atoms with Gasteiger partial charge in [-0.2, -0.15) is 12.6 Å². The number of nitrogens with zero attached hydrogens (tertiary/aromatic N) is 2. The van der Waals surface area contributed by atoms with Crippen LogP contribution in [0.3, 0.4) is 0 Å². The van der Waals surface area contributed by atoms with E-state index >= 15 is 0 Å². The summed E-state index contributed by atoms with van der Waals surface area (Å²) in [5.74, 6) is 0.299. The lowest BCUT2D eigenvalue weighted by Gasteiger charge is -2.34. The molecule has 1 saturated heterocycles. The third-order valence-electron chi connectivity index (χ3n) is 3.49. The molecule has 1 aliphatic heterocycles. The highest BCUT2D eigenvalue weighted by molar-refractivity contribution is 7.80. The standard InChI is InChI=1S/C13H28N4OS/c1-2-5-16-7-9-17(10-8-16)6-3-4-15-13(18)12(14)11-19/h12,19H,2-11,14H2,1H3,(H,15,18). The van der Waals surface area contributed by atoms with Gasteiger partial charge >= 0.3 is 0 Å². The second-order valence-electron chi connectivity index (χ2n) is 5.12. The number of nitrogens with two attached hydrogens (primary N) is 1. The smallest absolute Gasteiger partial charge is 0.237 e. The molecular weight excluding hydrogens is 260 g/mol. The van der Waals surface area contributed by atoms with Crippen molar-refractivity contribution < 1.29 is 4.79 Å². The van der Waals surface area contributed by atoms with Gasteiger partial charge in [-0.3, -0.25) is 4.79 Å². The Bertz CT molecular complexity index is 257. The van der Waals surface area contributed by atoms with Crippen LogP contribution in [0.25, 0.3) is 0 Å². The third kappa shape index (κ3) is 6.61. The second kappa shape index (κ2) is 9.58. The van der Waals surface area contributed by atoms with Gasteiger partial charge < -0.3 is 20.9 Å². The van der Waals surface area contributed by atoms with E-state index in [1.807, 2.05) is 0 Å². The van der Waals surface area contributed by atoms with Gasteiger partial charge in [0.25, 0.3) is 0 Å². The molecule has 0 spiro atoms. The zero-order valence-corrected chi connectivity index (χ0v) is 12.9. The van der Waals surface area contributed by atoms with Crippen molar-refractivity contribution >= 4 is 18.5 Å². The molecule has 1 aliphatic rings. The van der Waals surface area contributed by atoms with Crippen LogP contribution in [-0.2, 0) is 4.79 Å². The molecule has 0 aliphatic carbocycles. The molecule has 1 heterocycles. The SMILES string of the molecule is CCCN1CCN(CCCNC(=O)C(N)CS)CC1. The first kappa shape index (κ1) is 16.8. The molecule has 0 aromatic heterocycles. The number of carbonyl (C=O) groups excluding carboxylic acids is 1. The van der Waals surface area contributed by atoms with Crippen molar-refractivity contribution in [1.82, 2.24) is 15.1 Å². The highest BCUT2D eigenvalue weighted by atomic mass is 32.1. The minimum Gasteiger partial charge on any atom is -0.355 e. The van der Waals surface area contributed by atoms with Gasteiger partial charge in [0.15, 0.2) is 0 Å². The lowest BCUT2D eigenvalue weighted by Crippen LogP contribution is -2.47. The van der Waals surface area contributed by atoms with Crippen molar-refractivity contribution in [3.63, 3.8) is 0 Å². The summed E-state index contributed by atoms with van der Waals surface area (Å²) in [5.41, 5.74) is 5.58. The van der Waals surface area contributed by atoms with Crippen molar-refractivity contribution in [3.05, 3.63) is 0 Å². The van der Waals surface area contributed by atoms with Gasteiger partial charge in [0.1, 0.15) is 0 Å². The van der Waals surface area contributed by atoms with Crippen LogP contribution < -0.4 is 11.1 Å². The predicted octanol–water partition coefficient (Wildman–Crippen LogP) is -0.223. The zero-order valence-electron chi connectivity index (χ0n) is 12.0. The molecule has 3 N–H and O–H groups in total. The number of rotatable bonds is 8. The quantitative estimate of drug-likeness (QED) is 0.427. The van der Waals surface area contributed by atoms with E-state index in [1.165, 1.54) is 26.1 Å². The van der Waals surface area contributed by atoms with E-state index in [4.69, 9.17) is 5.73 Å². The van der Waals surface area contributed by atoms with E-state index in [9.17, 15) is 4.79 Å². The fourth-order valence-electron chi connectivity index (χ4n) is 2.28. The molecule has 1 rings (SSSR count). The maximum Gasteiger partial charge on any atom is 0.237 e. The third-order valence-corrected chi connectivity index (χ3v) is 3.88. The Morgan fingerprint density at radius 3 is 2.37 bits per heavy atom. The largest absolute Gasteiger partial charge is 0.355 e. The summed E-state index contributed by atoms with van der Waals surface area (Å²) in [5, 5.41) is 2.85. The van der Waals surface area contributed by atoms with Crippen LogP contribution in [0.2, 0.25) is 0 Å². The Kier molecular flexibility index (Phi) is 8.45. The molecule has 0 aromatic carbocycles. The first-order valence-corrected chi connectivity index (χ1v) is 7.89. The van der Waals surface area contributed by atoms with E-state index < -0.39 is 6.04 Å². The van der Waals surface area contributed by atoms with Crippen molar-refractivity contribution in [2.75, 3.05) is 51.6 Å². The van der Waals surface area contributed by atoms with Crippen molar-refractivity contribution in [2.24, 2.45) is 5.73 Å². The van der Waals surface area contributed by atoms with Crippen molar-refractivity contribution in [3.8, 4) is 0 Å². The second-order valence-corrected chi connectivity index (χ2v) is 5.48. The lowest BCUT2D eigenvalue weighted by molar-refractivity contribution is -0.121. The van der Waals surface area contributed by atoms with E-state index in [0.717, 1.165) is 26.1 Å². The molecule has 1 fully saturated rings. The molecule has 5 nitrogen and oxygen atoms in total. The van der Waals surface area contributed by atoms with Crippen LogP contribution in [0, 0.1) is 0 Å². The Morgan fingerprint density at radius 2 is 1.84 bits per heavy atom. The summed E-state index contributed by atoms with van der Waals surface area (Å²) in [4.78, 5) is 16.4. The fourth-order valence-corrected chi connectivity index (χ4v) is 2.45. The minimum atomic E-state index is -0.485. The van der Waals surface area contributed by atoms with E-state index in [0.29, 0.717) is 12.3 Å². The predicted molar refractivity (Wildman–Crippen MR) is 82.6 cm³/mol. The maximum absolute atomic E-state index is 11.4. The van der Waals surface area contributed by atoms with Crippen LogP contribution >= 0.6 is 12.6 Å². The van der Waals surface area contributed by atoms with Gasteiger partial charge in [-0.25, -0.2) is 0 Å². The van der Waals surface area contributed by atoms with Crippen LogP contribution in [-0.4, -0.2) is 73.3 Å². The first-order valence-electron chi connectivity index (χ1n) is 7.26. The number of hydrogen-bond donors (Lipinski definition) is 3. The molecule has 0 bridgehead atoms. The average molecular weight is 288 g/mol. The number of piperazine rings is 1. The number of hydrogen-bond acceptors (Lipinski definition) is 5. The molecule has 1 unspecified atom stereocenters. The minimum absolute atomic E-state index is 0.0947. The molecule has 1 atom stereocenters. The molecule has 112 valence electrons. The van der Waals surface area contributed by atoms with Crippen LogP contribution in [0.1, 0.15) is 19.8 Å². The summed E-state index contributed by atoms with van der Waals surface area (Å²) in [6.45, 7) is 9.82. The van der Waals surface area contributed by atoms with E-state index in [1.54, 1.807) is 0 Å². The Hall–Kier alpha value is -0.300. The van der Waals surface area contributed by atoms with Gasteiger partial charge in [0.2, 0.25) is 5.91 Å². The Labute approximate surface area is 122 Å². The van der Waals surface area contributed by atoms with Crippen molar-refractivity contribution in [2.45, 2.75) is 25.8 Å². The monoisotopic (exact) mass is 288 g/mol. The Morgan fingerprint density at radius 1 is 1.26 bits per heavy atom. The molecule has 6 heteroatoms. The van der Waals surface area contributed by atoms with Crippen LogP contribution in [0.15, 0.2) is 0 Å². The van der Waals surface area contributed by atoms with E-state index in [2.05, 4.69) is 34.7 Å². The van der Waals surface area contributed by atoms with Gasteiger partial charge in [0, 0.05) is 38.5 Å². The summed E-state index contributed by atoms with van der Waals surface area (Å²) in [6.07, 6.45) is 2.22. The summed E-state index contributed by atoms with van der Waals surface area (Å²) in [6, 6.07) is -0.485. The van der Waals surface area contributed by atoms with Gasteiger partial charge in [0.05, 0.1) is 6.04 Å². The maximum atomic E-state index is 11.4. The number of nitrogens with one attached hydrogen (secondary N) is 1. The first-order chi connectivity index (χ1) is 9.17. The zero-order chi connectivity index (χ0) is 14.1. The highest BCUT2D eigenvalue weighted by Gasteiger charge is 2.15. The van der Waals surface area contributed by atoms with Gasteiger partial charge in [-0.1, -0.05) is 6.92 Å². The summed E-state index contributed by atoms with van der Waals surface area (Å²) >= 11 is 4.01. The van der Waals surface area contributed by atoms with Gasteiger partial charge in [-0.15, -0.1) is 0 Å². The fraction of sp³-hybridized carbons (Fsp3) is 0.923. The van der Waals surface area contributed by atoms with Gasteiger partial charge in [-0.05, 0) is 25.9 Å². The lowest BCUT2D eigenvalue weighted by atomic mass is 10.2. The molecule has 1 amide bonds. The molecule has 0 radical (unpaired) electrons. The van der Waals surface area contributed by atoms with Crippen molar-refractivity contribution in [1.29, 1.82) is 0 Å². The number of amides is 1. The number of carbonyl (C=O) groups is 1. The normalized spacial score (nSPS) is 19.3. The average Bonchev–Trinajstić information content (AvgIpc) is 2.44. The van der Waals surface area contributed by atoms with E-state index in [-0.39, 0.29) is 5.91 Å². The highest BCUT2D eigenvalue weighted by Crippen LogP contribution is 2.02. The molecule has 19 heavy (non-hydrogen) atoms. The number of thiol groups is 1.